The van der Waals surface area contributed by atoms with Gasteiger partial charge in [-0.1, -0.05) is 23.5 Å². The van der Waals surface area contributed by atoms with Crippen molar-refractivity contribution >= 4 is 28.3 Å². The molecule has 6 N–H and O–H groups in total. The van der Waals surface area contributed by atoms with Crippen molar-refractivity contribution in [1.82, 2.24) is 20.5 Å². The number of unbranched alkanes of at least 4 members (excludes halogenated alkanes) is 1. The minimum atomic E-state index is -4.91. The van der Waals surface area contributed by atoms with Crippen LogP contribution in [0.15, 0.2) is 66.3 Å². The van der Waals surface area contributed by atoms with E-state index in [1.165, 1.54) is 36.7 Å². The van der Waals surface area contributed by atoms with Gasteiger partial charge in [-0.15, -0.1) is 23.4 Å². The number of nitrogens with zero attached hydrogens (tertiary/aromatic N) is 3. The summed E-state index contributed by atoms with van der Waals surface area (Å²) in [7, 11) is 1.21. The predicted octanol–water partition coefficient (Wildman–Crippen LogP) is 3.74. The summed E-state index contributed by atoms with van der Waals surface area (Å²) in [5.41, 5.74) is 13.3. The number of halogens is 3. The Labute approximate surface area is 243 Å². The van der Waals surface area contributed by atoms with Crippen molar-refractivity contribution in [3.05, 3.63) is 82.5 Å². The Hall–Kier alpha value is -4.66. The molecule has 15 heteroatoms. The van der Waals surface area contributed by atoms with E-state index in [9.17, 15) is 22.8 Å². The van der Waals surface area contributed by atoms with Crippen LogP contribution in [0.25, 0.3) is 0 Å². The number of hydrogen-bond donors (Lipinski definition) is 4. The molecule has 3 rings (SSSR count). The summed E-state index contributed by atoms with van der Waals surface area (Å²) in [6.07, 6.45) is 2.39. The molecule has 0 aliphatic heterocycles. The number of carbonyl (C=O) groups is 2. The molecule has 11 nitrogen and oxygen atoms in total. The Kier molecular flexibility index (Phi) is 11.7. The first-order chi connectivity index (χ1) is 20.0. The Morgan fingerprint density at radius 2 is 1.83 bits per heavy atom. The van der Waals surface area contributed by atoms with Crippen molar-refractivity contribution in [2.75, 3.05) is 12.4 Å². The molecule has 1 aromatic carbocycles. The molecule has 0 saturated heterocycles. The lowest BCUT2D eigenvalue weighted by Crippen LogP contribution is -2.28. The number of ether oxygens (including phenoxy) is 2. The Balaban J connectivity index is 1.39. The molecule has 0 fully saturated rings. The van der Waals surface area contributed by atoms with Crippen LogP contribution in [0.1, 0.15) is 35.5 Å². The van der Waals surface area contributed by atoms with Crippen molar-refractivity contribution in [3.8, 4) is 11.5 Å². The second kappa shape index (κ2) is 15.4. The average molecular weight is 606 g/mol. The first kappa shape index (κ1) is 31.9. The molecule has 0 bridgehead atoms. The summed E-state index contributed by atoms with van der Waals surface area (Å²) in [4.78, 5) is 28.6. The lowest BCUT2D eigenvalue weighted by molar-refractivity contribution is -0.275. The molecule has 224 valence electrons. The van der Waals surface area contributed by atoms with E-state index < -0.39 is 18.0 Å². The first-order valence-electron chi connectivity index (χ1n) is 12.7. The van der Waals surface area contributed by atoms with E-state index in [1.807, 2.05) is 6.07 Å². The van der Waals surface area contributed by atoms with E-state index in [1.54, 1.807) is 24.4 Å². The quantitative estimate of drug-likeness (QED) is 0.158. The third kappa shape index (κ3) is 11.4. The molecule has 42 heavy (non-hydrogen) atoms. The minimum Gasteiger partial charge on any atom is -0.493 e. The number of aryl methyl sites for hydroxylation is 1. The van der Waals surface area contributed by atoms with Gasteiger partial charge in [0, 0.05) is 24.0 Å². The molecule has 2 aromatic heterocycles. The summed E-state index contributed by atoms with van der Waals surface area (Å²) in [6.45, 7) is 0. The van der Waals surface area contributed by atoms with Crippen LogP contribution in [0.5, 0.6) is 11.5 Å². The molecular formula is C27H30F3N7O4S. The van der Waals surface area contributed by atoms with E-state index in [4.69, 9.17) is 16.2 Å². The van der Waals surface area contributed by atoms with Crippen LogP contribution in [0.3, 0.4) is 0 Å². The van der Waals surface area contributed by atoms with Gasteiger partial charge in [-0.3, -0.25) is 14.6 Å². The number of rotatable bonds is 14. The van der Waals surface area contributed by atoms with Crippen LogP contribution in [-0.2, 0) is 28.9 Å². The molecule has 2 amide bonds. The van der Waals surface area contributed by atoms with Gasteiger partial charge in [0.1, 0.15) is 10.8 Å². The predicted molar refractivity (Wildman–Crippen MR) is 150 cm³/mol. The van der Waals surface area contributed by atoms with Crippen LogP contribution < -0.4 is 31.6 Å². The summed E-state index contributed by atoms with van der Waals surface area (Å²) in [5.74, 6) is -1.41. The van der Waals surface area contributed by atoms with Crippen molar-refractivity contribution in [3.63, 3.8) is 0 Å². The molecular weight excluding hydrogens is 575 g/mol. The number of nitrogens with one attached hydrogen (secondary N) is 2. The SMILES string of the molecule is COc1ccc(CC(=O)N/C(N)=C/C=C(\N)CCCCc2nnc(NC(=O)Cc3ccccn3)s2)cc1OC(F)(F)F. The van der Waals surface area contributed by atoms with Gasteiger partial charge in [0.25, 0.3) is 0 Å². The highest BCUT2D eigenvalue weighted by atomic mass is 32.1. The topological polar surface area (TPSA) is 167 Å². The minimum absolute atomic E-state index is 0.0229. The smallest absolute Gasteiger partial charge is 0.493 e. The second-order valence-corrected chi connectivity index (χ2v) is 9.94. The van der Waals surface area contributed by atoms with Gasteiger partial charge in [-0.2, -0.15) is 0 Å². The van der Waals surface area contributed by atoms with Crippen molar-refractivity contribution in [1.29, 1.82) is 0 Å². The molecule has 3 aromatic rings. The lowest BCUT2D eigenvalue weighted by Gasteiger charge is -2.13. The van der Waals surface area contributed by atoms with Crippen LogP contribution in [0.4, 0.5) is 18.3 Å². The van der Waals surface area contributed by atoms with E-state index >= 15 is 0 Å². The molecule has 0 aliphatic rings. The number of pyridine rings is 1. The first-order valence-corrected chi connectivity index (χ1v) is 13.5. The fraction of sp³-hybridized carbons (Fsp3) is 0.296. The third-order valence-electron chi connectivity index (χ3n) is 5.47. The highest BCUT2D eigenvalue weighted by molar-refractivity contribution is 7.15. The number of amides is 2. The molecule has 2 heterocycles. The fourth-order valence-electron chi connectivity index (χ4n) is 3.59. The van der Waals surface area contributed by atoms with E-state index in [0.717, 1.165) is 23.9 Å². The van der Waals surface area contributed by atoms with E-state index in [0.29, 0.717) is 29.4 Å². The molecule has 0 saturated carbocycles. The van der Waals surface area contributed by atoms with Gasteiger partial charge in [0.05, 0.1) is 20.0 Å². The monoisotopic (exact) mass is 605 g/mol. The number of allylic oxidation sites excluding steroid dienone is 3. The highest BCUT2D eigenvalue weighted by Gasteiger charge is 2.32. The van der Waals surface area contributed by atoms with Crippen LogP contribution in [0.2, 0.25) is 0 Å². The zero-order valence-corrected chi connectivity index (χ0v) is 23.4. The summed E-state index contributed by atoms with van der Waals surface area (Å²) in [6, 6.07) is 9.17. The number of aromatic nitrogens is 3. The molecule has 0 unspecified atom stereocenters. The maximum atomic E-state index is 12.6. The third-order valence-corrected chi connectivity index (χ3v) is 6.36. The van der Waals surface area contributed by atoms with Crippen LogP contribution >= 0.6 is 11.3 Å². The number of hydrogen-bond acceptors (Lipinski definition) is 10. The highest BCUT2D eigenvalue weighted by Crippen LogP contribution is 2.33. The van der Waals surface area contributed by atoms with Gasteiger partial charge in [-0.05, 0) is 61.2 Å². The zero-order chi connectivity index (χ0) is 30.5. The summed E-state index contributed by atoms with van der Waals surface area (Å²) < 4.78 is 46.7. The number of alkyl halides is 3. The second-order valence-electron chi connectivity index (χ2n) is 8.88. The van der Waals surface area contributed by atoms with Gasteiger partial charge in [-0.25, -0.2) is 0 Å². The summed E-state index contributed by atoms with van der Waals surface area (Å²) in [5, 5.41) is 14.5. The Bertz CT molecular complexity index is 1410. The van der Waals surface area contributed by atoms with Crippen LogP contribution in [0, 0.1) is 0 Å². The van der Waals surface area contributed by atoms with E-state index in [2.05, 4.69) is 30.6 Å². The molecule has 0 radical (unpaired) electrons. The molecule has 0 spiro atoms. The average Bonchev–Trinajstić information content (AvgIpc) is 3.36. The largest absolute Gasteiger partial charge is 0.573 e. The molecule has 0 atom stereocenters. The number of anilines is 1. The zero-order valence-electron chi connectivity index (χ0n) is 22.6. The van der Waals surface area contributed by atoms with Gasteiger partial charge < -0.3 is 31.6 Å². The number of carbonyl (C=O) groups excluding carboxylic acids is 2. The van der Waals surface area contributed by atoms with Gasteiger partial charge >= 0.3 is 6.36 Å². The Morgan fingerprint density at radius 1 is 1.02 bits per heavy atom. The normalized spacial score (nSPS) is 12.1. The number of nitrogens with two attached hydrogens (primary N) is 2. The number of methoxy groups -OCH3 is 1. The van der Waals surface area contributed by atoms with Crippen molar-refractivity contribution in [2.24, 2.45) is 11.5 Å². The van der Waals surface area contributed by atoms with Crippen molar-refractivity contribution < 1.29 is 32.2 Å². The van der Waals surface area contributed by atoms with Crippen molar-refractivity contribution in [2.45, 2.75) is 44.9 Å². The maximum absolute atomic E-state index is 12.6. The number of benzene rings is 1. The maximum Gasteiger partial charge on any atom is 0.573 e. The van der Waals surface area contributed by atoms with Gasteiger partial charge in [0.2, 0.25) is 16.9 Å². The van der Waals surface area contributed by atoms with Crippen LogP contribution in [-0.4, -0.2) is 40.5 Å². The van der Waals surface area contributed by atoms with E-state index in [-0.39, 0.29) is 35.9 Å². The lowest BCUT2D eigenvalue weighted by atomic mass is 10.1. The van der Waals surface area contributed by atoms with Gasteiger partial charge in [0.15, 0.2) is 11.5 Å². The molecule has 0 aliphatic carbocycles. The standard InChI is InChI=1S/C27H30F3N7O4S/c1-40-20-11-9-17(14-21(20)41-27(28,29)30)15-23(38)34-22(32)12-10-18(31)6-2-3-8-25-36-37-26(42-25)35-24(39)16-19-7-4-5-13-33-19/h4-5,7,9-14H,2-3,6,8,15-16,31-32H2,1H3,(H,34,38)(H,35,37,39)/b18-10-,22-12+. The Morgan fingerprint density at radius 3 is 2.55 bits per heavy atom. The fourth-order valence-corrected chi connectivity index (χ4v) is 4.39. The summed E-state index contributed by atoms with van der Waals surface area (Å²) >= 11 is 1.31.